The molecule has 0 heteroatoms. The van der Waals surface area contributed by atoms with Crippen molar-refractivity contribution in [3.05, 3.63) is 36.5 Å². The Morgan fingerprint density at radius 2 is 2.40 bits per heavy atom. The second-order valence-corrected chi connectivity index (χ2v) is 1.81. The van der Waals surface area contributed by atoms with Crippen molar-refractivity contribution in [3.8, 4) is 12.3 Å². The number of terminal acetylenes is 1. The zero-order chi connectivity index (χ0) is 7.82. The fourth-order valence-electron chi connectivity index (χ4n) is 0.567. The molecule has 0 saturated heterocycles. The molecule has 0 spiro atoms. The Bertz CT molecular complexity index is 187. The molecule has 0 atom stereocenters. The minimum Gasteiger partial charge on any atom is -0.115 e. The molecule has 0 heterocycles. The van der Waals surface area contributed by atoms with Crippen LogP contribution in [0.2, 0.25) is 0 Å². The van der Waals surface area contributed by atoms with Crippen LogP contribution in [0.25, 0.3) is 0 Å². The number of hydrogen-bond acceptors (Lipinski definition) is 0. The summed E-state index contributed by atoms with van der Waals surface area (Å²) < 4.78 is 0. The standard InChI is InChI=1S/C10H12/c1-4-7-9-10(6-3)8-5-2/h3-4,7-9H,1,5H2,2H3/b9-7-,10-8-. The molecule has 0 aliphatic heterocycles. The van der Waals surface area contributed by atoms with Crippen molar-refractivity contribution in [2.75, 3.05) is 0 Å². The predicted molar refractivity (Wildman–Crippen MR) is 46.5 cm³/mol. The number of allylic oxidation sites excluding steroid dienone is 5. The summed E-state index contributed by atoms with van der Waals surface area (Å²) in [5.74, 6) is 2.56. The molecule has 0 aromatic heterocycles. The lowest BCUT2D eigenvalue weighted by atomic mass is 10.2. The van der Waals surface area contributed by atoms with E-state index in [1.54, 1.807) is 6.08 Å². The maximum atomic E-state index is 5.20. The quantitative estimate of drug-likeness (QED) is 0.409. The first-order chi connectivity index (χ1) is 4.85. The largest absolute Gasteiger partial charge is 0.115 e. The molecule has 0 nitrogen and oxygen atoms in total. The molecule has 0 fully saturated rings. The van der Waals surface area contributed by atoms with Gasteiger partial charge in [0.05, 0.1) is 0 Å². The average molecular weight is 132 g/mol. The van der Waals surface area contributed by atoms with Gasteiger partial charge >= 0.3 is 0 Å². The molecule has 52 valence electrons. The highest BCUT2D eigenvalue weighted by atomic mass is 13.8. The van der Waals surface area contributed by atoms with E-state index >= 15 is 0 Å². The smallest absolute Gasteiger partial charge is 0.0202 e. The van der Waals surface area contributed by atoms with Crippen LogP contribution in [0.15, 0.2) is 36.5 Å². The van der Waals surface area contributed by atoms with E-state index in [2.05, 4.69) is 19.4 Å². The van der Waals surface area contributed by atoms with Crippen molar-refractivity contribution in [1.29, 1.82) is 0 Å². The zero-order valence-electron chi connectivity index (χ0n) is 6.30. The van der Waals surface area contributed by atoms with E-state index < -0.39 is 0 Å². The second kappa shape index (κ2) is 5.91. The van der Waals surface area contributed by atoms with Gasteiger partial charge in [0.1, 0.15) is 0 Å². The van der Waals surface area contributed by atoms with Gasteiger partial charge in [-0.25, -0.2) is 0 Å². The van der Waals surface area contributed by atoms with Gasteiger partial charge in [-0.3, -0.25) is 0 Å². The Morgan fingerprint density at radius 1 is 1.70 bits per heavy atom. The third-order valence-electron chi connectivity index (χ3n) is 1.00. The van der Waals surface area contributed by atoms with E-state index in [4.69, 9.17) is 6.42 Å². The van der Waals surface area contributed by atoms with E-state index in [1.807, 2.05) is 18.2 Å². The summed E-state index contributed by atoms with van der Waals surface area (Å²) in [5, 5.41) is 0. The summed E-state index contributed by atoms with van der Waals surface area (Å²) in [5.41, 5.74) is 0.919. The summed E-state index contributed by atoms with van der Waals surface area (Å²) in [6.45, 7) is 5.60. The van der Waals surface area contributed by atoms with Crippen LogP contribution in [-0.2, 0) is 0 Å². The molecule has 0 N–H and O–H groups in total. The SMILES string of the molecule is C#CC(/C=C\C=C)=C/CC. The van der Waals surface area contributed by atoms with E-state index in [0.717, 1.165) is 12.0 Å². The van der Waals surface area contributed by atoms with Crippen LogP contribution >= 0.6 is 0 Å². The third-order valence-corrected chi connectivity index (χ3v) is 1.00. The second-order valence-electron chi connectivity index (χ2n) is 1.81. The number of rotatable bonds is 3. The zero-order valence-corrected chi connectivity index (χ0v) is 6.30. The summed E-state index contributed by atoms with van der Waals surface area (Å²) >= 11 is 0. The highest BCUT2D eigenvalue weighted by Crippen LogP contribution is 1.96. The maximum Gasteiger partial charge on any atom is 0.0202 e. The van der Waals surface area contributed by atoms with E-state index in [0.29, 0.717) is 0 Å². The van der Waals surface area contributed by atoms with Crippen molar-refractivity contribution in [2.24, 2.45) is 0 Å². The van der Waals surface area contributed by atoms with Gasteiger partial charge in [-0.05, 0) is 12.5 Å². The van der Waals surface area contributed by atoms with Gasteiger partial charge in [0, 0.05) is 5.57 Å². The summed E-state index contributed by atoms with van der Waals surface area (Å²) in [6, 6.07) is 0. The van der Waals surface area contributed by atoms with E-state index in [-0.39, 0.29) is 0 Å². The highest BCUT2D eigenvalue weighted by molar-refractivity contribution is 5.36. The van der Waals surface area contributed by atoms with Crippen LogP contribution in [0.3, 0.4) is 0 Å². The fraction of sp³-hybridized carbons (Fsp3) is 0.200. The Kier molecular flexibility index (Phi) is 5.19. The Balaban J connectivity index is 4.11. The summed E-state index contributed by atoms with van der Waals surface area (Å²) in [7, 11) is 0. The van der Waals surface area contributed by atoms with Crippen molar-refractivity contribution < 1.29 is 0 Å². The van der Waals surface area contributed by atoms with Gasteiger partial charge in [-0.15, -0.1) is 6.42 Å². The topological polar surface area (TPSA) is 0 Å². The van der Waals surface area contributed by atoms with Crippen LogP contribution in [0.1, 0.15) is 13.3 Å². The van der Waals surface area contributed by atoms with Gasteiger partial charge in [0.2, 0.25) is 0 Å². The monoisotopic (exact) mass is 132 g/mol. The van der Waals surface area contributed by atoms with Crippen molar-refractivity contribution in [3.63, 3.8) is 0 Å². The minimum atomic E-state index is 0.919. The van der Waals surface area contributed by atoms with Crippen molar-refractivity contribution >= 4 is 0 Å². The average Bonchev–Trinajstić information content (AvgIpc) is 1.98. The molecule has 0 aliphatic carbocycles. The predicted octanol–water partition coefficient (Wildman–Crippen LogP) is 2.70. The van der Waals surface area contributed by atoms with E-state index in [1.165, 1.54) is 0 Å². The normalized spacial score (nSPS) is 11.4. The first-order valence-corrected chi connectivity index (χ1v) is 3.31. The lowest BCUT2D eigenvalue weighted by molar-refractivity contribution is 1.21. The van der Waals surface area contributed by atoms with Gasteiger partial charge in [0.15, 0.2) is 0 Å². The van der Waals surface area contributed by atoms with Crippen molar-refractivity contribution in [1.82, 2.24) is 0 Å². The van der Waals surface area contributed by atoms with Crippen LogP contribution in [0, 0.1) is 12.3 Å². The molecule has 0 radical (unpaired) electrons. The Hall–Kier alpha value is -1.22. The number of hydrogen-bond donors (Lipinski definition) is 0. The molecular formula is C10H12. The summed E-state index contributed by atoms with van der Waals surface area (Å²) in [6.07, 6.45) is 13.6. The third kappa shape index (κ3) is 3.74. The fourth-order valence-corrected chi connectivity index (χ4v) is 0.567. The maximum absolute atomic E-state index is 5.20. The molecule has 0 saturated carbocycles. The molecule has 0 aliphatic rings. The van der Waals surface area contributed by atoms with Gasteiger partial charge in [0.25, 0.3) is 0 Å². The van der Waals surface area contributed by atoms with Gasteiger partial charge in [-0.2, -0.15) is 0 Å². The van der Waals surface area contributed by atoms with Gasteiger partial charge < -0.3 is 0 Å². The molecular weight excluding hydrogens is 120 g/mol. The molecule has 0 unspecified atom stereocenters. The molecule has 0 amide bonds. The van der Waals surface area contributed by atoms with Crippen LogP contribution in [0.5, 0.6) is 0 Å². The molecule has 10 heavy (non-hydrogen) atoms. The highest BCUT2D eigenvalue weighted by Gasteiger charge is 1.79. The molecule has 0 bridgehead atoms. The lowest BCUT2D eigenvalue weighted by Crippen LogP contribution is -1.69. The minimum absolute atomic E-state index is 0.919. The molecule has 0 aromatic rings. The Labute approximate surface area is 63.0 Å². The van der Waals surface area contributed by atoms with Crippen molar-refractivity contribution in [2.45, 2.75) is 13.3 Å². The van der Waals surface area contributed by atoms with Crippen LogP contribution in [-0.4, -0.2) is 0 Å². The lowest BCUT2D eigenvalue weighted by Gasteiger charge is -1.85. The first kappa shape index (κ1) is 8.78. The van der Waals surface area contributed by atoms with Gasteiger partial charge in [-0.1, -0.05) is 37.7 Å². The first-order valence-electron chi connectivity index (χ1n) is 3.31. The van der Waals surface area contributed by atoms with E-state index in [9.17, 15) is 0 Å². The van der Waals surface area contributed by atoms with Crippen LogP contribution < -0.4 is 0 Å². The molecule has 0 aromatic carbocycles. The summed E-state index contributed by atoms with van der Waals surface area (Å²) in [4.78, 5) is 0. The Morgan fingerprint density at radius 3 is 2.80 bits per heavy atom. The van der Waals surface area contributed by atoms with Crippen LogP contribution in [0.4, 0.5) is 0 Å². The molecule has 0 rings (SSSR count).